The van der Waals surface area contributed by atoms with Crippen molar-refractivity contribution >= 4 is 5.95 Å². The maximum atomic E-state index is 5.36. The molecular weight excluding hydrogens is 340 g/mol. The second-order valence-electron chi connectivity index (χ2n) is 7.97. The van der Waals surface area contributed by atoms with Gasteiger partial charge in [0, 0.05) is 68.8 Å². The third-order valence-electron chi connectivity index (χ3n) is 5.89. The molecule has 3 aliphatic heterocycles. The summed E-state index contributed by atoms with van der Waals surface area (Å²) in [7, 11) is 0. The molecule has 1 N–H and O–H groups in total. The molecule has 0 radical (unpaired) electrons. The maximum Gasteiger partial charge on any atom is 0.222 e. The Morgan fingerprint density at radius 3 is 2.63 bits per heavy atom. The number of fused-ring (bicyclic) bond motifs is 4. The monoisotopic (exact) mass is 370 g/mol. The molecule has 0 unspecified atom stereocenters. The number of nitrogens with one attached hydrogen (secondary N) is 1. The molecule has 5 rings (SSSR count). The lowest BCUT2D eigenvalue weighted by molar-refractivity contribution is 0.123. The number of anilines is 1. The highest BCUT2D eigenvalue weighted by molar-refractivity contribution is 5.24. The molecular formula is C20H30N6O. The average Bonchev–Trinajstić information content (AvgIpc) is 2.83. The van der Waals surface area contributed by atoms with E-state index in [0.29, 0.717) is 12.0 Å². The van der Waals surface area contributed by atoms with Crippen LogP contribution in [-0.2, 0) is 13.1 Å². The third-order valence-corrected chi connectivity index (χ3v) is 5.89. The summed E-state index contributed by atoms with van der Waals surface area (Å²) in [5, 5.41) is 7.27. The molecule has 27 heavy (non-hydrogen) atoms. The van der Waals surface area contributed by atoms with Crippen molar-refractivity contribution in [2.24, 2.45) is 5.92 Å². The minimum atomic E-state index is 0.595. The molecule has 7 heteroatoms. The van der Waals surface area contributed by atoms with E-state index in [9.17, 15) is 0 Å². The van der Waals surface area contributed by atoms with Crippen molar-refractivity contribution < 1.29 is 4.52 Å². The first kappa shape index (κ1) is 18.4. The first-order chi connectivity index (χ1) is 13.1. The van der Waals surface area contributed by atoms with E-state index in [2.05, 4.69) is 37.2 Å². The van der Waals surface area contributed by atoms with Crippen molar-refractivity contribution in [3.8, 4) is 0 Å². The molecule has 3 fully saturated rings. The summed E-state index contributed by atoms with van der Waals surface area (Å²) in [5.74, 6) is 2.40. The summed E-state index contributed by atoms with van der Waals surface area (Å²) < 4.78 is 5.36. The molecule has 0 saturated carbocycles. The SMILES string of the molecule is CCNc1ncc(CN2C[C@H]3CC[C@@H]2CN(Cc2c(C)noc2C)C3)cn1. The van der Waals surface area contributed by atoms with Gasteiger partial charge in [-0.15, -0.1) is 0 Å². The Morgan fingerprint density at radius 2 is 1.93 bits per heavy atom. The summed E-state index contributed by atoms with van der Waals surface area (Å²) in [6.45, 7) is 12.3. The van der Waals surface area contributed by atoms with Crippen LogP contribution in [-0.4, -0.2) is 57.1 Å². The predicted octanol–water partition coefficient (Wildman–Crippen LogP) is 2.61. The molecule has 2 bridgehead atoms. The molecule has 3 aliphatic rings. The van der Waals surface area contributed by atoms with Crippen molar-refractivity contribution in [3.05, 3.63) is 35.0 Å². The lowest BCUT2D eigenvalue weighted by Crippen LogP contribution is -2.43. The van der Waals surface area contributed by atoms with Gasteiger partial charge in [-0.3, -0.25) is 9.80 Å². The van der Waals surface area contributed by atoms with Gasteiger partial charge >= 0.3 is 0 Å². The van der Waals surface area contributed by atoms with E-state index in [1.54, 1.807) is 0 Å². The highest BCUT2D eigenvalue weighted by Crippen LogP contribution is 2.30. The maximum absolute atomic E-state index is 5.36. The summed E-state index contributed by atoms with van der Waals surface area (Å²) in [5.41, 5.74) is 3.48. The van der Waals surface area contributed by atoms with Crippen molar-refractivity contribution in [2.45, 2.75) is 52.7 Å². The van der Waals surface area contributed by atoms with Crippen LogP contribution in [0.5, 0.6) is 0 Å². The van der Waals surface area contributed by atoms with Gasteiger partial charge in [0.25, 0.3) is 0 Å². The van der Waals surface area contributed by atoms with Crippen molar-refractivity contribution in [3.63, 3.8) is 0 Å². The molecule has 5 heterocycles. The van der Waals surface area contributed by atoms with Crippen molar-refractivity contribution in [1.82, 2.24) is 24.9 Å². The summed E-state index contributed by atoms with van der Waals surface area (Å²) >= 11 is 0. The van der Waals surface area contributed by atoms with Gasteiger partial charge in [-0.1, -0.05) is 5.16 Å². The lowest BCUT2D eigenvalue weighted by atomic mass is 9.95. The third kappa shape index (κ3) is 4.14. The Hall–Kier alpha value is -1.99. The van der Waals surface area contributed by atoms with Crippen molar-refractivity contribution in [1.29, 1.82) is 0 Å². The van der Waals surface area contributed by atoms with E-state index < -0.39 is 0 Å². The quantitative estimate of drug-likeness (QED) is 0.838. The predicted molar refractivity (Wildman–Crippen MR) is 104 cm³/mol. The van der Waals surface area contributed by atoms with Crippen LogP contribution < -0.4 is 5.32 Å². The molecule has 2 aromatic rings. The minimum Gasteiger partial charge on any atom is -0.361 e. The number of aryl methyl sites for hydroxylation is 2. The van der Waals surface area contributed by atoms with E-state index >= 15 is 0 Å². The molecule has 7 nitrogen and oxygen atoms in total. The fraction of sp³-hybridized carbons (Fsp3) is 0.650. The first-order valence-corrected chi connectivity index (χ1v) is 10.0. The largest absolute Gasteiger partial charge is 0.361 e. The second kappa shape index (κ2) is 7.94. The zero-order valence-electron chi connectivity index (χ0n) is 16.6. The summed E-state index contributed by atoms with van der Waals surface area (Å²) in [6, 6.07) is 0.595. The zero-order chi connectivity index (χ0) is 18.8. The fourth-order valence-corrected chi connectivity index (χ4v) is 4.47. The molecule has 146 valence electrons. The second-order valence-corrected chi connectivity index (χ2v) is 7.97. The minimum absolute atomic E-state index is 0.595. The Morgan fingerprint density at radius 1 is 1.11 bits per heavy atom. The van der Waals surface area contributed by atoms with Crippen LogP contribution in [0.3, 0.4) is 0 Å². The standard InChI is InChI=1S/C20H30N6O/c1-4-21-20-22-7-17(8-23-20)11-26-10-16-5-6-18(26)12-25(9-16)13-19-14(2)24-27-15(19)3/h7-8,16,18H,4-6,9-13H2,1-3H3,(H,21,22,23)/t16-,18+/m0/s1. The highest BCUT2D eigenvalue weighted by Gasteiger charge is 2.35. The number of aromatic nitrogens is 3. The summed E-state index contributed by atoms with van der Waals surface area (Å²) in [4.78, 5) is 14.1. The van der Waals surface area contributed by atoms with E-state index in [1.807, 2.05) is 26.2 Å². The Bertz CT molecular complexity index is 739. The fourth-order valence-electron chi connectivity index (χ4n) is 4.47. The average molecular weight is 371 g/mol. The molecule has 0 amide bonds. The van der Waals surface area contributed by atoms with Gasteiger partial charge in [0.15, 0.2) is 0 Å². The number of nitrogens with zero attached hydrogens (tertiary/aromatic N) is 5. The molecule has 0 aliphatic carbocycles. The number of hydrogen-bond donors (Lipinski definition) is 1. The Labute approximate surface area is 161 Å². The number of piperidine rings is 1. The van der Waals surface area contributed by atoms with Gasteiger partial charge in [-0.25, -0.2) is 9.97 Å². The summed E-state index contributed by atoms with van der Waals surface area (Å²) in [6.07, 6.45) is 6.53. The van der Waals surface area contributed by atoms with E-state index in [4.69, 9.17) is 4.52 Å². The van der Waals surface area contributed by atoms with Gasteiger partial charge in [-0.05, 0) is 39.5 Å². The van der Waals surface area contributed by atoms with Gasteiger partial charge in [0.1, 0.15) is 5.76 Å². The van der Waals surface area contributed by atoms with Crippen LogP contribution in [0.25, 0.3) is 0 Å². The van der Waals surface area contributed by atoms with Gasteiger partial charge in [-0.2, -0.15) is 0 Å². The molecule has 0 spiro atoms. The van der Waals surface area contributed by atoms with Crippen LogP contribution in [0.1, 0.15) is 42.3 Å². The number of rotatable bonds is 6. The Kier molecular flexibility index (Phi) is 5.41. The van der Waals surface area contributed by atoms with Crippen LogP contribution in [0.15, 0.2) is 16.9 Å². The molecule has 3 saturated heterocycles. The van der Waals surface area contributed by atoms with Gasteiger partial charge in [0.2, 0.25) is 5.95 Å². The lowest BCUT2D eigenvalue weighted by Gasteiger charge is -2.36. The van der Waals surface area contributed by atoms with E-state index in [1.165, 1.54) is 24.0 Å². The zero-order valence-corrected chi connectivity index (χ0v) is 16.6. The number of hydrogen-bond acceptors (Lipinski definition) is 7. The van der Waals surface area contributed by atoms with Crippen LogP contribution in [0.2, 0.25) is 0 Å². The van der Waals surface area contributed by atoms with Crippen LogP contribution >= 0.6 is 0 Å². The van der Waals surface area contributed by atoms with Crippen LogP contribution in [0.4, 0.5) is 5.95 Å². The van der Waals surface area contributed by atoms with E-state index in [0.717, 1.165) is 56.6 Å². The van der Waals surface area contributed by atoms with Gasteiger partial charge in [0.05, 0.1) is 5.69 Å². The first-order valence-electron chi connectivity index (χ1n) is 10.0. The smallest absolute Gasteiger partial charge is 0.222 e. The molecule has 0 aromatic carbocycles. The molecule has 2 aromatic heterocycles. The van der Waals surface area contributed by atoms with Crippen LogP contribution in [0, 0.1) is 19.8 Å². The van der Waals surface area contributed by atoms with E-state index in [-0.39, 0.29) is 0 Å². The van der Waals surface area contributed by atoms with Gasteiger partial charge < -0.3 is 9.84 Å². The highest BCUT2D eigenvalue weighted by atomic mass is 16.5. The normalized spacial score (nSPS) is 23.5. The molecule has 2 atom stereocenters. The van der Waals surface area contributed by atoms with Crippen molar-refractivity contribution in [2.75, 3.05) is 31.5 Å². The topological polar surface area (TPSA) is 70.3 Å². The Balaban J connectivity index is 1.42.